The van der Waals surface area contributed by atoms with Gasteiger partial charge in [-0.15, -0.1) is 0 Å². The zero-order valence-corrected chi connectivity index (χ0v) is 8.71. The van der Waals surface area contributed by atoms with E-state index in [1.54, 1.807) is 0 Å². The number of aromatic nitrogens is 1. The van der Waals surface area contributed by atoms with E-state index in [2.05, 4.69) is 9.72 Å². The van der Waals surface area contributed by atoms with Crippen LogP contribution in [0.4, 0.5) is 13.2 Å². The van der Waals surface area contributed by atoms with Crippen molar-refractivity contribution in [2.45, 2.75) is 13.3 Å². The van der Waals surface area contributed by atoms with Gasteiger partial charge >= 0.3 is 5.97 Å². The number of hydrogen-bond donors (Lipinski definition) is 0. The minimum absolute atomic E-state index is 0.0548. The van der Waals surface area contributed by atoms with Crippen LogP contribution in [0.15, 0.2) is 6.07 Å². The molecule has 0 aromatic carbocycles. The van der Waals surface area contributed by atoms with Crippen LogP contribution in [0.5, 0.6) is 0 Å². The summed E-state index contributed by atoms with van der Waals surface area (Å²) in [6.07, 6.45) is -3.14. The van der Waals surface area contributed by atoms with E-state index in [1.807, 2.05) is 0 Å². The molecule has 0 radical (unpaired) electrons. The van der Waals surface area contributed by atoms with Gasteiger partial charge in [0.05, 0.1) is 12.2 Å². The van der Waals surface area contributed by atoms with Crippen molar-refractivity contribution in [1.82, 2.24) is 4.98 Å². The number of hydrogen-bond acceptors (Lipinski definition) is 4. The molecule has 0 spiro atoms. The quantitative estimate of drug-likeness (QED) is 0.764. The lowest BCUT2D eigenvalue weighted by Gasteiger charge is -2.07. The summed E-state index contributed by atoms with van der Waals surface area (Å²) in [6.45, 7) is 1.42. The fourth-order valence-electron chi connectivity index (χ4n) is 1.10. The SMILES string of the molecule is CCOC(=O)c1nc(C#N)cc(C(F)F)c1F. The molecular weight excluding hydrogens is 237 g/mol. The van der Waals surface area contributed by atoms with E-state index in [0.717, 1.165) is 0 Å². The van der Waals surface area contributed by atoms with E-state index >= 15 is 0 Å². The lowest BCUT2D eigenvalue weighted by Crippen LogP contribution is -2.13. The third kappa shape index (κ3) is 2.72. The number of nitrogens with zero attached hydrogens (tertiary/aromatic N) is 2. The van der Waals surface area contributed by atoms with E-state index < -0.39 is 35.2 Å². The Labute approximate surface area is 94.6 Å². The summed E-state index contributed by atoms with van der Waals surface area (Å²) in [5.74, 6) is -2.64. The molecule has 0 bridgehead atoms. The van der Waals surface area contributed by atoms with Crippen LogP contribution in [0.2, 0.25) is 0 Å². The van der Waals surface area contributed by atoms with Gasteiger partial charge in [0.2, 0.25) is 0 Å². The molecule has 0 unspecified atom stereocenters. The summed E-state index contributed by atoms with van der Waals surface area (Å²) in [6, 6.07) is 2.07. The lowest BCUT2D eigenvalue weighted by molar-refractivity contribution is 0.0512. The maximum Gasteiger partial charge on any atom is 0.360 e. The van der Waals surface area contributed by atoms with Gasteiger partial charge in [-0.25, -0.2) is 22.9 Å². The maximum absolute atomic E-state index is 13.5. The number of rotatable bonds is 3. The molecule has 1 heterocycles. The first kappa shape index (κ1) is 13.0. The standard InChI is InChI=1S/C10H7F3N2O2/c1-2-17-10(16)8-7(11)6(9(12)13)3-5(4-14)15-8/h3,9H,2H2,1H3. The second-order valence-corrected chi connectivity index (χ2v) is 2.89. The van der Waals surface area contributed by atoms with Crippen molar-refractivity contribution in [2.24, 2.45) is 0 Å². The number of pyridine rings is 1. The van der Waals surface area contributed by atoms with Crippen molar-refractivity contribution >= 4 is 5.97 Å². The first-order valence-electron chi connectivity index (χ1n) is 4.57. The molecule has 0 N–H and O–H groups in total. The Morgan fingerprint density at radius 2 is 2.29 bits per heavy atom. The first-order valence-corrected chi connectivity index (χ1v) is 4.57. The summed E-state index contributed by atoms with van der Waals surface area (Å²) >= 11 is 0. The van der Waals surface area contributed by atoms with Gasteiger partial charge in [-0.05, 0) is 13.0 Å². The third-order valence-corrected chi connectivity index (χ3v) is 1.80. The van der Waals surface area contributed by atoms with Crippen LogP contribution in [-0.4, -0.2) is 17.6 Å². The zero-order chi connectivity index (χ0) is 13.0. The number of nitriles is 1. The van der Waals surface area contributed by atoms with Crippen LogP contribution >= 0.6 is 0 Å². The van der Waals surface area contributed by atoms with Crippen molar-refractivity contribution in [2.75, 3.05) is 6.61 Å². The normalized spacial score (nSPS) is 10.1. The molecule has 90 valence electrons. The van der Waals surface area contributed by atoms with Gasteiger partial charge in [0.15, 0.2) is 11.5 Å². The predicted octanol–water partition coefficient (Wildman–Crippen LogP) is 2.21. The van der Waals surface area contributed by atoms with Gasteiger partial charge in [0, 0.05) is 0 Å². The molecule has 1 rings (SSSR count). The van der Waals surface area contributed by atoms with Crippen molar-refractivity contribution in [3.63, 3.8) is 0 Å². The highest BCUT2D eigenvalue weighted by Gasteiger charge is 2.24. The fraction of sp³-hybridized carbons (Fsp3) is 0.300. The number of alkyl halides is 2. The smallest absolute Gasteiger partial charge is 0.360 e. The minimum Gasteiger partial charge on any atom is -0.461 e. The zero-order valence-electron chi connectivity index (χ0n) is 8.71. The summed E-state index contributed by atoms with van der Waals surface area (Å²) in [4.78, 5) is 14.5. The number of esters is 1. The van der Waals surface area contributed by atoms with Crippen LogP contribution in [0, 0.1) is 17.1 Å². The molecule has 1 aromatic rings. The number of carbonyl (C=O) groups excluding carboxylic acids is 1. The van der Waals surface area contributed by atoms with E-state index in [-0.39, 0.29) is 6.61 Å². The number of halogens is 3. The molecule has 0 aliphatic heterocycles. The van der Waals surface area contributed by atoms with Crippen LogP contribution in [0.3, 0.4) is 0 Å². The van der Waals surface area contributed by atoms with E-state index in [0.29, 0.717) is 6.07 Å². The second kappa shape index (κ2) is 5.30. The second-order valence-electron chi connectivity index (χ2n) is 2.89. The van der Waals surface area contributed by atoms with E-state index in [4.69, 9.17) is 5.26 Å². The van der Waals surface area contributed by atoms with Gasteiger partial charge < -0.3 is 4.74 Å². The molecule has 4 nitrogen and oxygen atoms in total. The molecule has 0 atom stereocenters. The van der Waals surface area contributed by atoms with Crippen molar-refractivity contribution in [3.8, 4) is 6.07 Å². The van der Waals surface area contributed by atoms with E-state index in [1.165, 1.54) is 13.0 Å². The molecule has 17 heavy (non-hydrogen) atoms. The average Bonchev–Trinajstić information content (AvgIpc) is 2.29. The van der Waals surface area contributed by atoms with Crippen LogP contribution in [0.25, 0.3) is 0 Å². The van der Waals surface area contributed by atoms with Crippen molar-refractivity contribution in [1.29, 1.82) is 5.26 Å². The largest absolute Gasteiger partial charge is 0.461 e. The Bertz CT molecular complexity index is 483. The Morgan fingerprint density at radius 3 is 2.76 bits per heavy atom. The number of ether oxygens (including phenoxy) is 1. The molecular formula is C10H7F3N2O2. The molecule has 0 fully saturated rings. The molecule has 0 amide bonds. The Balaban J connectivity index is 3.35. The minimum atomic E-state index is -3.14. The average molecular weight is 244 g/mol. The van der Waals surface area contributed by atoms with Crippen LogP contribution in [0.1, 0.15) is 35.1 Å². The molecule has 0 aliphatic rings. The highest BCUT2D eigenvalue weighted by atomic mass is 19.3. The highest BCUT2D eigenvalue weighted by Crippen LogP contribution is 2.24. The Morgan fingerprint density at radius 1 is 1.65 bits per heavy atom. The lowest BCUT2D eigenvalue weighted by atomic mass is 10.2. The predicted molar refractivity (Wildman–Crippen MR) is 49.8 cm³/mol. The highest BCUT2D eigenvalue weighted by molar-refractivity contribution is 5.88. The third-order valence-electron chi connectivity index (χ3n) is 1.80. The summed E-state index contributed by atoms with van der Waals surface area (Å²) in [5, 5.41) is 8.54. The molecule has 1 aromatic heterocycles. The molecule has 7 heteroatoms. The van der Waals surface area contributed by atoms with E-state index in [9.17, 15) is 18.0 Å². The van der Waals surface area contributed by atoms with Gasteiger partial charge in [-0.1, -0.05) is 0 Å². The molecule has 0 saturated carbocycles. The number of carbonyl (C=O) groups is 1. The van der Waals surface area contributed by atoms with Crippen molar-refractivity contribution in [3.05, 3.63) is 28.8 Å². The van der Waals surface area contributed by atoms with Gasteiger partial charge in [-0.3, -0.25) is 0 Å². The first-order chi connectivity index (χ1) is 8.01. The maximum atomic E-state index is 13.5. The topological polar surface area (TPSA) is 63.0 Å². The summed E-state index contributed by atoms with van der Waals surface area (Å²) in [5.41, 5.74) is -2.41. The van der Waals surface area contributed by atoms with Gasteiger partial charge in [0.25, 0.3) is 6.43 Å². The fourth-order valence-corrected chi connectivity index (χ4v) is 1.10. The van der Waals surface area contributed by atoms with Crippen molar-refractivity contribution < 1.29 is 22.7 Å². The molecule has 0 aliphatic carbocycles. The van der Waals surface area contributed by atoms with Gasteiger partial charge in [-0.2, -0.15) is 5.26 Å². The molecule has 0 saturated heterocycles. The Hall–Kier alpha value is -2.10. The summed E-state index contributed by atoms with van der Waals surface area (Å²) in [7, 11) is 0. The Kier molecular flexibility index (Phi) is 4.04. The van der Waals surface area contributed by atoms with Crippen LogP contribution in [-0.2, 0) is 4.74 Å². The van der Waals surface area contributed by atoms with Gasteiger partial charge in [0.1, 0.15) is 11.8 Å². The van der Waals surface area contributed by atoms with Crippen LogP contribution < -0.4 is 0 Å². The monoisotopic (exact) mass is 244 g/mol. The summed E-state index contributed by atoms with van der Waals surface area (Å²) < 4.78 is 42.8.